The molecule has 2 aromatic rings. The molecule has 0 saturated carbocycles. The summed E-state index contributed by atoms with van der Waals surface area (Å²) >= 11 is 0. The molecule has 0 aliphatic rings. The van der Waals surface area contributed by atoms with Gasteiger partial charge in [0.2, 0.25) is 0 Å². The van der Waals surface area contributed by atoms with Crippen LogP contribution in [0.15, 0.2) is 48.6 Å². The summed E-state index contributed by atoms with van der Waals surface area (Å²) in [5.41, 5.74) is 9.42. The fraction of sp³-hybridized carbons (Fsp3) is 0.261. The van der Waals surface area contributed by atoms with Crippen LogP contribution in [-0.2, 0) is 11.2 Å². The zero-order valence-electron chi connectivity index (χ0n) is 16.7. The molecule has 0 aliphatic heterocycles. The second-order valence-corrected chi connectivity index (χ2v) is 6.35. The minimum Gasteiger partial charge on any atom is -0.496 e. The summed E-state index contributed by atoms with van der Waals surface area (Å²) in [6.07, 6.45) is 5.11. The minimum absolute atomic E-state index is 0.0704. The van der Waals surface area contributed by atoms with E-state index in [1.165, 1.54) is 7.11 Å². The lowest BCUT2D eigenvalue weighted by Crippen LogP contribution is -2.15. The Kier molecular flexibility index (Phi) is 7.84. The first-order chi connectivity index (χ1) is 13.5. The van der Waals surface area contributed by atoms with Crippen molar-refractivity contribution in [3.05, 3.63) is 70.8 Å². The molecule has 0 bridgehead atoms. The van der Waals surface area contributed by atoms with Gasteiger partial charge in [0.05, 0.1) is 14.2 Å². The Labute approximate surface area is 166 Å². The number of carbonyl (C=O) groups is 1. The lowest BCUT2D eigenvalue weighted by Gasteiger charge is -2.19. The summed E-state index contributed by atoms with van der Waals surface area (Å²) in [6.45, 7) is 5.83. The lowest BCUT2D eigenvalue weighted by molar-refractivity contribution is 0.0595. The van der Waals surface area contributed by atoms with Gasteiger partial charge in [0.15, 0.2) is 0 Å². The maximum Gasteiger partial charge on any atom is 0.342 e. The van der Waals surface area contributed by atoms with E-state index in [1.807, 2.05) is 55.5 Å². The van der Waals surface area contributed by atoms with Crippen LogP contribution in [-0.4, -0.2) is 26.9 Å². The van der Waals surface area contributed by atoms with Crippen LogP contribution in [0.5, 0.6) is 11.5 Å². The fourth-order valence-electron chi connectivity index (χ4n) is 2.89. The van der Waals surface area contributed by atoms with Gasteiger partial charge in [0.25, 0.3) is 0 Å². The monoisotopic (exact) mass is 381 g/mol. The van der Waals surface area contributed by atoms with Gasteiger partial charge in [-0.3, -0.25) is 5.73 Å². The molecule has 5 heteroatoms. The molecule has 0 spiro atoms. The van der Waals surface area contributed by atoms with Gasteiger partial charge < -0.3 is 14.2 Å². The van der Waals surface area contributed by atoms with Crippen LogP contribution >= 0.6 is 0 Å². The number of esters is 1. The molecule has 0 aromatic heterocycles. The smallest absolute Gasteiger partial charge is 0.342 e. The van der Waals surface area contributed by atoms with Gasteiger partial charge in [-0.05, 0) is 37.0 Å². The van der Waals surface area contributed by atoms with Gasteiger partial charge in [-0.25, -0.2) is 4.79 Å². The fourth-order valence-corrected chi connectivity index (χ4v) is 2.89. The van der Waals surface area contributed by atoms with E-state index in [0.29, 0.717) is 29.0 Å². The maximum atomic E-state index is 12.6. The number of methoxy groups -OCH3 is 2. The second-order valence-electron chi connectivity index (χ2n) is 6.35. The summed E-state index contributed by atoms with van der Waals surface area (Å²) in [5.74, 6) is 0.531. The highest BCUT2D eigenvalue weighted by atomic mass is 16.5. The zero-order valence-corrected chi connectivity index (χ0v) is 16.7. The van der Waals surface area contributed by atoms with Crippen molar-refractivity contribution >= 4 is 18.1 Å². The molecule has 5 nitrogen and oxygen atoms in total. The van der Waals surface area contributed by atoms with Crippen LogP contribution in [0.1, 0.15) is 40.4 Å². The molecule has 2 rings (SSSR count). The summed E-state index contributed by atoms with van der Waals surface area (Å²) in [7, 11) is 2.94. The highest BCUT2D eigenvalue weighted by molar-refractivity contribution is 5.99. The van der Waals surface area contributed by atoms with E-state index in [1.54, 1.807) is 7.11 Å². The predicted octanol–water partition coefficient (Wildman–Crippen LogP) is 4.46. The Morgan fingerprint density at radius 2 is 1.89 bits per heavy atom. The van der Waals surface area contributed by atoms with E-state index in [4.69, 9.17) is 19.9 Å². The van der Waals surface area contributed by atoms with Crippen molar-refractivity contribution in [1.82, 2.24) is 0 Å². The van der Waals surface area contributed by atoms with Crippen LogP contribution in [0.25, 0.3) is 12.2 Å². The molecule has 0 heterocycles. The van der Waals surface area contributed by atoms with Crippen molar-refractivity contribution < 1.29 is 19.0 Å². The topological polar surface area (TPSA) is 70.8 Å². The molecule has 28 heavy (non-hydrogen) atoms. The van der Waals surface area contributed by atoms with Gasteiger partial charge in [0, 0.05) is 5.56 Å². The predicted molar refractivity (Wildman–Crippen MR) is 113 cm³/mol. The highest BCUT2D eigenvalue weighted by Crippen LogP contribution is 2.38. The lowest BCUT2D eigenvalue weighted by atomic mass is 9.96. The van der Waals surface area contributed by atoms with Crippen molar-refractivity contribution in [3.8, 4) is 11.5 Å². The van der Waals surface area contributed by atoms with Crippen LogP contribution < -0.4 is 15.2 Å². The van der Waals surface area contributed by atoms with Gasteiger partial charge >= 0.3 is 5.97 Å². The molecule has 2 N–H and O–H groups in total. The van der Waals surface area contributed by atoms with Gasteiger partial charge in [-0.2, -0.15) is 0 Å². The van der Waals surface area contributed by atoms with Crippen LogP contribution in [0, 0.1) is 0 Å². The second kappa shape index (κ2) is 10.3. The molecule has 0 fully saturated rings. The number of carbonyl (C=O) groups excluding carboxylic acids is 1. The van der Waals surface area contributed by atoms with Gasteiger partial charge in [-0.1, -0.05) is 48.1 Å². The number of benzene rings is 2. The van der Waals surface area contributed by atoms with Crippen molar-refractivity contribution in [1.29, 1.82) is 0 Å². The summed E-state index contributed by atoms with van der Waals surface area (Å²) < 4.78 is 16.3. The number of ether oxygens (including phenoxy) is 3. The molecular weight excluding hydrogens is 354 g/mol. The molecule has 0 saturated heterocycles. The minimum atomic E-state index is -0.490. The quantitative estimate of drug-likeness (QED) is 0.301. The van der Waals surface area contributed by atoms with Gasteiger partial charge in [-0.15, -0.1) is 6.58 Å². The van der Waals surface area contributed by atoms with Crippen molar-refractivity contribution in [2.45, 2.75) is 19.8 Å². The largest absolute Gasteiger partial charge is 0.496 e. The third kappa shape index (κ3) is 5.24. The standard InChI is InChI=1S/C23H27NO4/c1-16(2)10-13-19-20(26-3)14-18(12-11-17-8-6-5-7-9-17)21(23(25)27-4)22(19)28-15-24/h5-9,11-12,14H,1,10,13,15,24H2,2-4H3/b12-11+. The van der Waals surface area contributed by atoms with Crippen LogP contribution in [0.3, 0.4) is 0 Å². The maximum absolute atomic E-state index is 12.6. The average molecular weight is 381 g/mol. The van der Waals surface area contributed by atoms with Crippen LogP contribution in [0.2, 0.25) is 0 Å². The molecule has 0 unspecified atom stereocenters. The number of allylic oxidation sites excluding steroid dienone is 1. The number of rotatable bonds is 9. The van der Waals surface area contributed by atoms with E-state index in [-0.39, 0.29) is 6.73 Å². The first kappa shape index (κ1) is 21.3. The molecule has 0 radical (unpaired) electrons. The zero-order chi connectivity index (χ0) is 20.5. The number of nitrogens with two attached hydrogens (primary N) is 1. The summed E-state index contributed by atoms with van der Waals surface area (Å²) in [6, 6.07) is 11.6. The molecule has 0 amide bonds. The Balaban J connectivity index is 2.65. The molecule has 2 aromatic carbocycles. The van der Waals surface area contributed by atoms with E-state index in [9.17, 15) is 4.79 Å². The van der Waals surface area contributed by atoms with Crippen LogP contribution in [0.4, 0.5) is 0 Å². The Morgan fingerprint density at radius 3 is 2.46 bits per heavy atom. The third-order valence-electron chi connectivity index (χ3n) is 4.27. The summed E-state index contributed by atoms with van der Waals surface area (Å²) in [4.78, 5) is 12.6. The molecule has 0 aliphatic carbocycles. The van der Waals surface area contributed by atoms with E-state index >= 15 is 0 Å². The van der Waals surface area contributed by atoms with Gasteiger partial charge in [0.1, 0.15) is 23.8 Å². The number of hydrogen-bond donors (Lipinski definition) is 1. The first-order valence-electron chi connectivity index (χ1n) is 9.04. The van der Waals surface area contributed by atoms with Crippen molar-refractivity contribution in [3.63, 3.8) is 0 Å². The Hall–Kier alpha value is -3.05. The normalized spacial score (nSPS) is 10.7. The van der Waals surface area contributed by atoms with Crippen molar-refractivity contribution in [2.75, 3.05) is 21.0 Å². The Morgan fingerprint density at radius 1 is 1.18 bits per heavy atom. The van der Waals surface area contributed by atoms with E-state index in [0.717, 1.165) is 23.1 Å². The van der Waals surface area contributed by atoms with E-state index in [2.05, 4.69) is 6.58 Å². The average Bonchev–Trinajstić information content (AvgIpc) is 2.71. The highest BCUT2D eigenvalue weighted by Gasteiger charge is 2.24. The molecular formula is C23H27NO4. The third-order valence-corrected chi connectivity index (χ3v) is 4.27. The SMILES string of the molecule is C=C(C)CCc1c(OC)cc(/C=C/c2ccccc2)c(C(=O)OC)c1OCN. The summed E-state index contributed by atoms with van der Waals surface area (Å²) in [5, 5.41) is 0. The van der Waals surface area contributed by atoms with Crippen molar-refractivity contribution in [2.24, 2.45) is 5.73 Å². The molecule has 148 valence electrons. The van der Waals surface area contributed by atoms with E-state index < -0.39 is 5.97 Å². The Bertz CT molecular complexity index is 857. The molecule has 0 atom stereocenters. The number of hydrogen-bond acceptors (Lipinski definition) is 5. The first-order valence-corrected chi connectivity index (χ1v) is 9.04.